The van der Waals surface area contributed by atoms with E-state index in [4.69, 9.17) is 16.1 Å². The Bertz CT molecular complexity index is 714. The van der Waals surface area contributed by atoms with E-state index in [0.717, 1.165) is 43.9 Å². The third-order valence-electron chi connectivity index (χ3n) is 4.99. The number of rotatable bonds is 2. The average Bonchev–Trinajstić information content (AvgIpc) is 3.28. The summed E-state index contributed by atoms with van der Waals surface area (Å²) in [5.41, 5.74) is 0.782. The van der Waals surface area contributed by atoms with Crippen LogP contribution in [0, 0.1) is 5.41 Å². The highest BCUT2D eigenvalue weighted by Gasteiger charge is 2.38. The minimum Gasteiger partial charge on any atom is -0.355 e. The van der Waals surface area contributed by atoms with Gasteiger partial charge in [0.1, 0.15) is 0 Å². The van der Waals surface area contributed by atoms with Crippen LogP contribution in [0.5, 0.6) is 0 Å². The minimum atomic E-state index is -0.0385. The topological polar surface area (TPSA) is 58.4 Å². The molecule has 1 spiro atoms. The van der Waals surface area contributed by atoms with Gasteiger partial charge >= 0.3 is 0 Å². The average molecular weight is 388 g/mol. The molecule has 2 fully saturated rings. The summed E-state index contributed by atoms with van der Waals surface area (Å²) in [5.74, 6) is 0.558. The van der Waals surface area contributed by atoms with Gasteiger partial charge in [-0.25, -0.2) is 0 Å². The van der Waals surface area contributed by atoms with Crippen molar-refractivity contribution in [3.05, 3.63) is 28.2 Å². The Morgan fingerprint density at radius 2 is 2.12 bits per heavy atom. The smallest absolute Gasteiger partial charge is 0.276 e. The highest BCUT2D eigenvalue weighted by atomic mass is 35.5. The zero-order chi connectivity index (χ0) is 15.9. The van der Waals surface area contributed by atoms with Gasteiger partial charge in [-0.15, -0.1) is 23.7 Å². The SMILES string of the molecule is Cl.O=C(c1cc(-c2ccc(Cl)s2)on1)N1CCC2(CCNC2)CC1. The molecule has 2 saturated heterocycles. The first kappa shape index (κ1) is 17.7. The third kappa shape index (κ3) is 3.33. The van der Waals surface area contributed by atoms with Crippen LogP contribution in [0.15, 0.2) is 22.7 Å². The van der Waals surface area contributed by atoms with Crippen molar-refractivity contribution in [3.8, 4) is 10.6 Å². The lowest BCUT2D eigenvalue weighted by molar-refractivity contribution is 0.0598. The fraction of sp³-hybridized carbons (Fsp3) is 0.500. The molecule has 0 aliphatic carbocycles. The molecule has 2 aromatic heterocycles. The standard InChI is InChI=1S/C16H18ClN3O2S.ClH/c17-14-2-1-13(23-14)12-9-11(19-22-12)15(21)20-7-4-16(5-8-20)3-6-18-10-16;/h1-2,9,18H,3-8,10H2;1H. The number of nitrogens with zero attached hydrogens (tertiary/aromatic N) is 2. The zero-order valence-corrected chi connectivity index (χ0v) is 15.5. The number of hydrogen-bond donors (Lipinski definition) is 1. The molecule has 1 N–H and O–H groups in total. The summed E-state index contributed by atoms with van der Waals surface area (Å²) in [6, 6.07) is 5.40. The molecule has 24 heavy (non-hydrogen) atoms. The summed E-state index contributed by atoms with van der Waals surface area (Å²) in [4.78, 5) is 15.4. The highest BCUT2D eigenvalue weighted by Crippen LogP contribution is 2.37. The second kappa shape index (κ2) is 7.04. The molecule has 0 radical (unpaired) electrons. The van der Waals surface area contributed by atoms with Gasteiger partial charge in [0.05, 0.1) is 9.21 Å². The summed E-state index contributed by atoms with van der Waals surface area (Å²) < 4.78 is 6.00. The fourth-order valence-corrected chi connectivity index (χ4v) is 4.50. The number of aromatic nitrogens is 1. The Morgan fingerprint density at radius 1 is 1.33 bits per heavy atom. The number of thiophene rings is 1. The van der Waals surface area contributed by atoms with Crippen molar-refractivity contribution in [1.82, 2.24) is 15.4 Å². The Kier molecular flexibility index (Phi) is 5.20. The predicted molar refractivity (Wildman–Crippen MR) is 97.1 cm³/mol. The van der Waals surface area contributed by atoms with Crippen LogP contribution in [0.2, 0.25) is 4.34 Å². The third-order valence-corrected chi connectivity index (χ3v) is 6.23. The molecule has 4 heterocycles. The maximum absolute atomic E-state index is 12.6. The number of amides is 1. The Hall–Kier alpha value is -1.08. The van der Waals surface area contributed by atoms with E-state index >= 15 is 0 Å². The van der Waals surface area contributed by atoms with Crippen molar-refractivity contribution in [1.29, 1.82) is 0 Å². The molecule has 5 nitrogen and oxygen atoms in total. The summed E-state index contributed by atoms with van der Waals surface area (Å²) in [7, 11) is 0. The molecule has 0 aromatic carbocycles. The van der Waals surface area contributed by atoms with E-state index in [1.54, 1.807) is 6.07 Å². The van der Waals surface area contributed by atoms with Crippen molar-refractivity contribution >= 4 is 41.3 Å². The van der Waals surface area contributed by atoms with Gasteiger partial charge in [0.25, 0.3) is 5.91 Å². The predicted octanol–water partition coefficient (Wildman–Crippen LogP) is 3.69. The quantitative estimate of drug-likeness (QED) is 0.853. The van der Waals surface area contributed by atoms with E-state index in [9.17, 15) is 4.79 Å². The van der Waals surface area contributed by atoms with Gasteiger partial charge in [-0.2, -0.15) is 0 Å². The van der Waals surface area contributed by atoms with Crippen LogP contribution in [0.4, 0.5) is 0 Å². The van der Waals surface area contributed by atoms with Gasteiger partial charge < -0.3 is 14.7 Å². The Balaban J connectivity index is 0.00000169. The van der Waals surface area contributed by atoms with Crippen LogP contribution < -0.4 is 5.32 Å². The van der Waals surface area contributed by atoms with Crippen LogP contribution >= 0.6 is 35.3 Å². The van der Waals surface area contributed by atoms with E-state index in [1.165, 1.54) is 17.8 Å². The number of halogens is 2. The molecule has 130 valence electrons. The summed E-state index contributed by atoms with van der Waals surface area (Å²) in [5, 5.41) is 7.39. The minimum absolute atomic E-state index is 0. The number of piperidine rings is 1. The molecule has 2 aromatic rings. The van der Waals surface area contributed by atoms with Crippen LogP contribution in [0.25, 0.3) is 10.6 Å². The van der Waals surface area contributed by atoms with E-state index in [1.807, 2.05) is 17.0 Å². The monoisotopic (exact) mass is 387 g/mol. The second-order valence-corrected chi connectivity index (χ2v) is 8.11. The van der Waals surface area contributed by atoms with Crippen molar-refractivity contribution in [3.63, 3.8) is 0 Å². The van der Waals surface area contributed by atoms with E-state index in [-0.39, 0.29) is 18.3 Å². The molecule has 0 atom stereocenters. The van der Waals surface area contributed by atoms with Gasteiger partial charge in [0, 0.05) is 25.7 Å². The normalized spacial score (nSPS) is 19.5. The van der Waals surface area contributed by atoms with Crippen LogP contribution in [-0.4, -0.2) is 42.1 Å². The van der Waals surface area contributed by atoms with Crippen LogP contribution in [0.1, 0.15) is 29.8 Å². The van der Waals surface area contributed by atoms with Gasteiger partial charge in [0.15, 0.2) is 11.5 Å². The van der Waals surface area contributed by atoms with Crippen molar-refractivity contribution < 1.29 is 9.32 Å². The van der Waals surface area contributed by atoms with Crippen molar-refractivity contribution in [2.75, 3.05) is 26.2 Å². The maximum atomic E-state index is 12.6. The second-order valence-electron chi connectivity index (χ2n) is 6.40. The zero-order valence-electron chi connectivity index (χ0n) is 13.1. The first-order valence-electron chi connectivity index (χ1n) is 7.88. The molecule has 2 aliphatic rings. The van der Waals surface area contributed by atoms with E-state index < -0.39 is 0 Å². The van der Waals surface area contributed by atoms with Gasteiger partial charge in [-0.1, -0.05) is 16.8 Å². The maximum Gasteiger partial charge on any atom is 0.276 e. The molecule has 8 heteroatoms. The van der Waals surface area contributed by atoms with Gasteiger partial charge in [0.2, 0.25) is 0 Å². The molecule has 2 aliphatic heterocycles. The molecule has 0 saturated carbocycles. The lowest BCUT2D eigenvalue weighted by Crippen LogP contribution is -2.44. The van der Waals surface area contributed by atoms with E-state index in [2.05, 4.69) is 10.5 Å². The van der Waals surface area contributed by atoms with E-state index in [0.29, 0.717) is 21.2 Å². The highest BCUT2D eigenvalue weighted by molar-refractivity contribution is 7.19. The molecular weight excluding hydrogens is 369 g/mol. The number of carbonyl (C=O) groups excluding carboxylic acids is 1. The molecule has 4 rings (SSSR count). The molecule has 1 amide bonds. The first-order chi connectivity index (χ1) is 11.2. The first-order valence-corrected chi connectivity index (χ1v) is 9.07. The number of likely N-dealkylation sites (tertiary alicyclic amines) is 1. The van der Waals surface area contributed by atoms with Gasteiger partial charge in [-0.05, 0) is 43.4 Å². The number of nitrogens with one attached hydrogen (secondary N) is 1. The number of hydrogen-bond acceptors (Lipinski definition) is 5. The van der Waals surface area contributed by atoms with Crippen LogP contribution in [-0.2, 0) is 0 Å². The summed E-state index contributed by atoms with van der Waals surface area (Å²) in [6.45, 7) is 3.79. The lowest BCUT2D eigenvalue weighted by atomic mass is 9.78. The molecule has 0 unspecified atom stereocenters. The van der Waals surface area contributed by atoms with Crippen molar-refractivity contribution in [2.45, 2.75) is 19.3 Å². The number of carbonyl (C=O) groups is 1. The summed E-state index contributed by atoms with van der Waals surface area (Å²) >= 11 is 7.35. The fourth-order valence-electron chi connectivity index (χ4n) is 3.51. The lowest BCUT2D eigenvalue weighted by Gasteiger charge is -2.38. The summed E-state index contributed by atoms with van der Waals surface area (Å²) in [6.07, 6.45) is 3.36. The Morgan fingerprint density at radius 3 is 2.75 bits per heavy atom. The largest absolute Gasteiger partial charge is 0.355 e. The van der Waals surface area contributed by atoms with Crippen LogP contribution in [0.3, 0.4) is 0 Å². The molecular formula is C16H19Cl2N3O2S. The van der Waals surface area contributed by atoms with Gasteiger partial charge in [-0.3, -0.25) is 4.79 Å². The molecule has 0 bridgehead atoms. The Labute approximate surface area is 155 Å². The van der Waals surface area contributed by atoms with Crippen molar-refractivity contribution in [2.24, 2.45) is 5.41 Å².